The molecule has 0 aromatic carbocycles. The van der Waals surface area contributed by atoms with Gasteiger partial charge in [-0.3, -0.25) is 4.79 Å². The van der Waals surface area contributed by atoms with Gasteiger partial charge in [-0.05, 0) is 22.6 Å². The molecule has 0 fully saturated rings. The predicted octanol–water partition coefficient (Wildman–Crippen LogP) is 1.49. The van der Waals surface area contributed by atoms with E-state index in [0.717, 1.165) is 0 Å². The van der Waals surface area contributed by atoms with Gasteiger partial charge in [0.15, 0.2) is 16.0 Å². The zero-order valence-electron chi connectivity index (χ0n) is 5.51. The summed E-state index contributed by atoms with van der Waals surface area (Å²) in [5.74, 6) is -0.720. The zero-order chi connectivity index (χ0) is 9.30. The molecule has 0 bridgehead atoms. The Morgan fingerprint density at radius 1 is 1.33 bits per heavy atom. The van der Waals surface area contributed by atoms with Crippen LogP contribution in [0.2, 0.25) is 10.3 Å². The van der Waals surface area contributed by atoms with Gasteiger partial charge >= 0.3 is 0 Å². The highest BCUT2D eigenvalue weighted by atomic mass is 127. The second kappa shape index (κ2) is 3.71. The van der Waals surface area contributed by atoms with Gasteiger partial charge in [-0.15, -0.1) is 0 Å². The van der Waals surface area contributed by atoms with Crippen molar-refractivity contribution >= 4 is 51.7 Å². The first-order chi connectivity index (χ1) is 5.52. The second-order valence-corrected chi connectivity index (χ2v) is 3.55. The molecule has 12 heavy (non-hydrogen) atoms. The molecule has 2 N–H and O–H groups in total. The molecular weight excluding hydrogens is 316 g/mol. The van der Waals surface area contributed by atoms with Gasteiger partial charge in [-0.1, -0.05) is 23.2 Å². The lowest BCUT2D eigenvalue weighted by Crippen LogP contribution is -2.15. The van der Waals surface area contributed by atoms with Crippen molar-refractivity contribution < 1.29 is 4.79 Å². The Morgan fingerprint density at radius 2 is 1.92 bits per heavy atom. The van der Waals surface area contributed by atoms with Gasteiger partial charge < -0.3 is 5.73 Å². The smallest absolute Gasteiger partial charge is 0.270 e. The predicted molar refractivity (Wildman–Crippen MR) is 53.3 cm³/mol. The summed E-state index contributed by atoms with van der Waals surface area (Å²) in [4.78, 5) is 18.1. The number of carbonyl (C=O) groups excluding carboxylic acids is 1. The Bertz CT molecular complexity index is 344. The van der Waals surface area contributed by atoms with E-state index in [9.17, 15) is 4.79 Å². The highest BCUT2D eigenvalue weighted by Crippen LogP contribution is 2.18. The van der Waals surface area contributed by atoms with Crippen molar-refractivity contribution in [3.8, 4) is 0 Å². The number of hydrogen-bond donors (Lipinski definition) is 1. The summed E-state index contributed by atoms with van der Waals surface area (Å²) in [7, 11) is 0. The van der Waals surface area contributed by atoms with Crippen molar-refractivity contribution in [2.45, 2.75) is 0 Å². The van der Waals surface area contributed by atoms with E-state index in [0.29, 0.717) is 3.70 Å². The van der Waals surface area contributed by atoms with Gasteiger partial charge in [0, 0.05) is 0 Å². The molecule has 1 heterocycles. The van der Waals surface area contributed by atoms with Gasteiger partial charge in [0.25, 0.3) is 5.91 Å². The van der Waals surface area contributed by atoms with Crippen LogP contribution in [-0.4, -0.2) is 15.9 Å². The molecule has 0 aliphatic rings. The van der Waals surface area contributed by atoms with Crippen molar-refractivity contribution in [1.29, 1.82) is 0 Å². The molecule has 1 aromatic heterocycles. The third kappa shape index (κ3) is 1.96. The lowest BCUT2D eigenvalue weighted by molar-refractivity contribution is 0.0995. The summed E-state index contributed by atoms with van der Waals surface area (Å²) in [5.41, 5.74) is 4.90. The molecule has 0 unspecified atom stereocenters. The van der Waals surface area contributed by atoms with Crippen LogP contribution in [0.1, 0.15) is 10.5 Å². The molecule has 1 aromatic rings. The van der Waals surface area contributed by atoms with Crippen LogP contribution in [0.3, 0.4) is 0 Å². The van der Waals surface area contributed by atoms with E-state index in [1.165, 1.54) is 0 Å². The van der Waals surface area contributed by atoms with Crippen molar-refractivity contribution in [2.24, 2.45) is 5.73 Å². The number of hydrogen-bond acceptors (Lipinski definition) is 3. The Morgan fingerprint density at radius 3 is 2.42 bits per heavy atom. The molecule has 0 aliphatic heterocycles. The van der Waals surface area contributed by atoms with Crippen LogP contribution in [0.4, 0.5) is 0 Å². The quantitative estimate of drug-likeness (QED) is 0.798. The number of primary amides is 1. The topological polar surface area (TPSA) is 68.9 Å². The number of halogens is 3. The van der Waals surface area contributed by atoms with E-state index in [1.807, 2.05) is 22.6 Å². The average Bonchev–Trinajstić information content (AvgIpc) is 1.96. The number of rotatable bonds is 1. The van der Waals surface area contributed by atoms with Crippen LogP contribution in [-0.2, 0) is 0 Å². The summed E-state index contributed by atoms with van der Waals surface area (Å²) in [6.45, 7) is 0. The van der Waals surface area contributed by atoms with Crippen molar-refractivity contribution in [3.63, 3.8) is 0 Å². The number of amides is 1. The van der Waals surface area contributed by atoms with E-state index in [2.05, 4.69) is 9.97 Å². The lowest BCUT2D eigenvalue weighted by atomic mass is 10.4. The van der Waals surface area contributed by atoms with Crippen LogP contribution in [0, 0.1) is 3.70 Å². The van der Waals surface area contributed by atoms with Gasteiger partial charge in [-0.25, -0.2) is 9.97 Å². The van der Waals surface area contributed by atoms with E-state index >= 15 is 0 Å². The molecule has 0 saturated carbocycles. The number of carbonyl (C=O) groups is 1. The summed E-state index contributed by atoms with van der Waals surface area (Å²) < 4.78 is 0.396. The van der Waals surface area contributed by atoms with Gasteiger partial charge in [0.05, 0.1) is 0 Å². The molecule has 64 valence electrons. The Balaban J connectivity index is 3.33. The SMILES string of the molecule is NC(=O)c1nc(I)c(Cl)nc1Cl. The second-order valence-electron chi connectivity index (χ2n) is 1.81. The molecule has 7 heteroatoms. The minimum atomic E-state index is -0.720. The Labute approximate surface area is 91.6 Å². The first kappa shape index (κ1) is 9.94. The molecule has 0 aliphatic carbocycles. The number of nitrogens with zero attached hydrogens (tertiary/aromatic N) is 2. The highest BCUT2D eigenvalue weighted by molar-refractivity contribution is 14.1. The molecule has 0 atom stereocenters. The minimum Gasteiger partial charge on any atom is -0.364 e. The number of nitrogens with two attached hydrogens (primary N) is 1. The third-order valence-corrected chi connectivity index (χ3v) is 2.60. The summed E-state index contributed by atoms with van der Waals surface area (Å²) in [5, 5.41) is 0.0820. The maximum absolute atomic E-state index is 10.7. The van der Waals surface area contributed by atoms with Gasteiger partial charge in [0.1, 0.15) is 3.70 Å². The normalized spacial score (nSPS) is 9.92. The first-order valence-corrected chi connectivity index (χ1v) is 4.54. The average molecular weight is 318 g/mol. The molecular formula is C5H2Cl2IN3O. The standard InChI is InChI=1S/C5H2Cl2IN3O/c6-2-1(5(9)12)10-4(8)3(7)11-2/h(H2,9,12). The maximum Gasteiger partial charge on any atom is 0.270 e. The van der Waals surface area contributed by atoms with Gasteiger partial charge in [-0.2, -0.15) is 0 Å². The zero-order valence-corrected chi connectivity index (χ0v) is 9.18. The van der Waals surface area contributed by atoms with Crippen LogP contribution in [0.5, 0.6) is 0 Å². The fourth-order valence-electron chi connectivity index (χ4n) is 0.532. The van der Waals surface area contributed by atoms with Crippen LogP contribution >= 0.6 is 45.8 Å². The molecule has 1 amide bonds. The lowest BCUT2D eigenvalue weighted by Gasteiger charge is -1.99. The Kier molecular flexibility index (Phi) is 3.08. The largest absolute Gasteiger partial charge is 0.364 e. The fraction of sp³-hybridized carbons (Fsp3) is 0. The van der Waals surface area contributed by atoms with E-state index in [-0.39, 0.29) is 16.0 Å². The molecule has 0 saturated heterocycles. The Hall–Kier alpha value is -0.140. The van der Waals surface area contributed by atoms with Gasteiger partial charge in [0.2, 0.25) is 0 Å². The molecule has 1 rings (SSSR count). The van der Waals surface area contributed by atoms with E-state index in [1.54, 1.807) is 0 Å². The summed E-state index contributed by atoms with van der Waals surface area (Å²) >= 11 is 12.9. The molecule has 0 spiro atoms. The monoisotopic (exact) mass is 317 g/mol. The van der Waals surface area contributed by atoms with Crippen molar-refractivity contribution in [2.75, 3.05) is 0 Å². The highest BCUT2D eigenvalue weighted by Gasteiger charge is 2.12. The summed E-state index contributed by atoms with van der Waals surface area (Å²) in [6, 6.07) is 0. The fourth-order valence-corrected chi connectivity index (χ4v) is 1.28. The third-order valence-electron chi connectivity index (χ3n) is 1.01. The minimum absolute atomic E-state index is 0.0644. The van der Waals surface area contributed by atoms with E-state index in [4.69, 9.17) is 28.9 Å². The van der Waals surface area contributed by atoms with Crippen LogP contribution in [0.25, 0.3) is 0 Å². The molecule has 4 nitrogen and oxygen atoms in total. The van der Waals surface area contributed by atoms with E-state index < -0.39 is 5.91 Å². The first-order valence-electron chi connectivity index (χ1n) is 2.70. The number of aromatic nitrogens is 2. The van der Waals surface area contributed by atoms with Crippen molar-refractivity contribution in [1.82, 2.24) is 9.97 Å². The summed E-state index contributed by atoms with van der Waals surface area (Å²) in [6.07, 6.45) is 0. The van der Waals surface area contributed by atoms with Crippen LogP contribution < -0.4 is 5.73 Å². The van der Waals surface area contributed by atoms with Crippen molar-refractivity contribution in [3.05, 3.63) is 19.7 Å². The van der Waals surface area contributed by atoms with Crippen LogP contribution in [0.15, 0.2) is 0 Å². The molecule has 0 radical (unpaired) electrons. The maximum atomic E-state index is 10.7.